The predicted molar refractivity (Wildman–Crippen MR) is 99.0 cm³/mol. The lowest BCUT2D eigenvalue weighted by atomic mass is 10.1. The summed E-state index contributed by atoms with van der Waals surface area (Å²) < 4.78 is 0. The number of thioether (sulfide) groups is 1. The molecule has 5 nitrogen and oxygen atoms in total. The molecular formula is C19H14N2O3S. The highest BCUT2D eigenvalue weighted by Gasteiger charge is 2.26. The zero-order chi connectivity index (χ0) is 17.7. The van der Waals surface area contributed by atoms with Crippen molar-refractivity contribution in [2.75, 3.05) is 0 Å². The van der Waals surface area contributed by atoms with E-state index in [9.17, 15) is 14.9 Å². The first kappa shape index (κ1) is 15.7. The molecule has 0 saturated carbocycles. The van der Waals surface area contributed by atoms with Gasteiger partial charge in [0.05, 0.1) is 9.83 Å². The van der Waals surface area contributed by atoms with E-state index < -0.39 is 4.92 Å². The maximum absolute atomic E-state index is 12.7. The molecule has 2 heterocycles. The number of benzene rings is 2. The summed E-state index contributed by atoms with van der Waals surface area (Å²) in [4.78, 5) is 28.2. The first-order valence-corrected chi connectivity index (χ1v) is 8.57. The van der Waals surface area contributed by atoms with Crippen molar-refractivity contribution in [3.05, 3.63) is 73.8 Å². The molecular weight excluding hydrogens is 336 g/mol. The third-order valence-electron chi connectivity index (χ3n) is 4.33. The molecule has 1 aliphatic heterocycles. The zero-order valence-electron chi connectivity index (χ0n) is 13.6. The highest BCUT2D eigenvalue weighted by Crippen LogP contribution is 2.42. The Kier molecular flexibility index (Phi) is 3.51. The molecule has 0 saturated heterocycles. The topological polar surface area (TPSA) is 76.0 Å². The van der Waals surface area contributed by atoms with Gasteiger partial charge in [0.15, 0.2) is 0 Å². The number of nitro groups is 1. The monoisotopic (exact) mass is 350 g/mol. The number of Topliss-reactive ketones (excluding diaryl/α,β-unsaturated/α-hetero) is 1. The van der Waals surface area contributed by atoms with E-state index in [0.717, 1.165) is 38.2 Å². The largest absolute Gasteiger partial charge is 0.358 e. The molecule has 1 N–H and O–H groups in total. The smallest absolute Gasteiger partial charge is 0.270 e. The van der Waals surface area contributed by atoms with Crippen LogP contribution < -0.4 is 0 Å². The van der Waals surface area contributed by atoms with E-state index in [1.165, 1.54) is 17.8 Å². The third-order valence-corrected chi connectivity index (χ3v) is 5.43. The van der Waals surface area contributed by atoms with Crippen molar-refractivity contribution in [2.45, 2.75) is 18.7 Å². The van der Waals surface area contributed by atoms with Gasteiger partial charge >= 0.3 is 0 Å². The van der Waals surface area contributed by atoms with Crippen molar-refractivity contribution in [3.63, 3.8) is 0 Å². The summed E-state index contributed by atoms with van der Waals surface area (Å²) in [5.74, 6) is 0.00267. The Morgan fingerprint density at radius 1 is 1.16 bits per heavy atom. The fourth-order valence-electron chi connectivity index (χ4n) is 3.07. The summed E-state index contributed by atoms with van der Waals surface area (Å²) in [6.07, 6.45) is 1.83. The van der Waals surface area contributed by atoms with Gasteiger partial charge in [0.2, 0.25) is 5.78 Å². The van der Waals surface area contributed by atoms with Crippen LogP contribution in [0.2, 0.25) is 0 Å². The molecule has 1 aliphatic rings. The van der Waals surface area contributed by atoms with Gasteiger partial charge in [0.25, 0.3) is 5.69 Å². The molecule has 0 spiro atoms. The minimum absolute atomic E-state index is 0.00267. The number of H-pyrrole nitrogens is 1. The van der Waals surface area contributed by atoms with Gasteiger partial charge in [0.1, 0.15) is 0 Å². The van der Waals surface area contributed by atoms with Crippen LogP contribution in [0.4, 0.5) is 5.69 Å². The van der Waals surface area contributed by atoms with Crippen LogP contribution in [0.1, 0.15) is 27.2 Å². The fourth-order valence-corrected chi connectivity index (χ4v) is 4.08. The minimum atomic E-state index is -0.410. The van der Waals surface area contributed by atoms with Crippen LogP contribution >= 0.6 is 11.8 Å². The highest BCUT2D eigenvalue weighted by molar-refractivity contribution is 8.04. The SMILES string of the molecule is Cc1ccc2c(c1)C(=O)/C(=C\c1c(C)[nH]c3ccc([N+](=O)[O-])cc13)S2. The second-order valence-corrected chi connectivity index (χ2v) is 7.17. The van der Waals surface area contributed by atoms with Crippen LogP contribution in [0.15, 0.2) is 46.2 Å². The lowest BCUT2D eigenvalue weighted by molar-refractivity contribution is -0.384. The fraction of sp³-hybridized carbons (Fsp3) is 0.105. The number of rotatable bonds is 2. The van der Waals surface area contributed by atoms with Gasteiger partial charge in [-0.3, -0.25) is 14.9 Å². The van der Waals surface area contributed by atoms with Crippen LogP contribution in [0.5, 0.6) is 0 Å². The van der Waals surface area contributed by atoms with Crippen LogP contribution in [-0.4, -0.2) is 15.7 Å². The van der Waals surface area contributed by atoms with Crippen LogP contribution in [0, 0.1) is 24.0 Å². The standard InChI is InChI=1S/C19H14N2O3S/c1-10-3-6-17-15(7-10)19(22)18(25-17)9-13-11(2)20-16-5-4-12(21(23)24)8-14(13)16/h3-9,20H,1-2H3/b18-9+. The molecule has 4 rings (SSSR count). The average molecular weight is 350 g/mol. The maximum Gasteiger partial charge on any atom is 0.270 e. The number of ketones is 1. The van der Waals surface area contributed by atoms with Gasteiger partial charge in [-0.1, -0.05) is 23.4 Å². The summed E-state index contributed by atoms with van der Waals surface area (Å²) in [6, 6.07) is 10.6. The van der Waals surface area contributed by atoms with Crippen molar-refractivity contribution in [2.24, 2.45) is 0 Å². The zero-order valence-corrected chi connectivity index (χ0v) is 14.4. The normalized spacial score (nSPS) is 15.1. The second-order valence-electron chi connectivity index (χ2n) is 6.09. The van der Waals surface area contributed by atoms with E-state index in [1.54, 1.807) is 12.1 Å². The van der Waals surface area contributed by atoms with Gasteiger partial charge in [0, 0.05) is 44.8 Å². The van der Waals surface area contributed by atoms with E-state index >= 15 is 0 Å². The van der Waals surface area contributed by atoms with Gasteiger partial charge in [-0.25, -0.2) is 0 Å². The number of aromatic nitrogens is 1. The number of hydrogen-bond donors (Lipinski definition) is 1. The van der Waals surface area contributed by atoms with Crippen LogP contribution in [-0.2, 0) is 0 Å². The quantitative estimate of drug-likeness (QED) is 0.400. The number of nitro benzene ring substituents is 1. The molecule has 25 heavy (non-hydrogen) atoms. The number of aromatic amines is 1. The average Bonchev–Trinajstić information content (AvgIpc) is 3.05. The van der Waals surface area contributed by atoms with E-state index in [-0.39, 0.29) is 11.5 Å². The van der Waals surface area contributed by atoms with Crippen molar-refractivity contribution >= 4 is 40.2 Å². The number of nitrogens with one attached hydrogen (secondary N) is 1. The number of carbonyl (C=O) groups is 1. The molecule has 6 heteroatoms. The van der Waals surface area contributed by atoms with E-state index in [1.807, 2.05) is 38.1 Å². The van der Waals surface area contributed by atoms with E-state index in [2.05, 4.69) is 4.98 Å². The molecule has 0 unspecified atom stereocenters. The van der Waals surface area contributed by atoms with Gasteiger partial charge in [-0.2, -0.15) is 0 Å². The first-order valence-electron chi connectivity index (χ1n) is 7.75. The number of non-ortho nitro benzene ring substituents is 1. The predicted octanol–water partition coefficient (Wildman–Crippen LogP) is 5.02. The molecule has 0 amide bonds. The van der Waals surface area contributed by atoms with Gasteiger partial charge in [-0.15, -0.1) is 0 Å². The summed E-state index contributed by atoms with van der Waals surface area (Å²) in [5.41, 5.74) is 4.32. The summed E-state index contributed by atoms with van der Waals surface area (Å²) >= 11 is 1.44. The van der Waals surface area contributed by atoms with E-state index in [0.29, 0.717) is 4.91 Å². The Labute approximate surface area is 147 Å². The van der Waals surface area contributed by atoms with Gasteiger partial charge in [-0.05, 0) is 38.1 Å². The van der Waals surface area contributed by atoms with Crippen LogP contribution in [0.25, 0.3) is 17.0 Å². The number of hydrogen-bond acceptors (Lipinski definition) is 4. The molecule has 0 radical (unpaired) electrons. The van der Waals surface area contributed by atoms with Crippen molar-refractivity contribution in [1.29, 1.82) is 0 Å². The van der Waals surface area contributed by atoms with Crippen molar-refractivity contribution in [3.8, 4) is 0 Å². The Balaban J connectivity index is 1.84. The number of carbonyl (C=O) groups excluding carboxylic acids is 1. The first-order chi connectivity index (χ1) is 11.9. The van der Waals surface area contributed by atoms with E-state index in [4.69, 9.17) is 0 Å². The number of fused-ring (bicyclic) bond motifs is 2. The molecule has 0 atom stereocenters. The minimum Gasteiger partial charge on any atom is -0.358 e. The van der Waals surface area contributed by atoms with Crippen molar-refractivity contribution in [1.82, 2.24) is 4.98 Å². The molecule has 1 aromatic heterocycles. The summed E-state index contributed by atoms with van der Waals surface area (Å²) in [7, 11) is 0. The van der Waals surface area contributed by atoms with Crippen molar-refractivity contribution < 1.29 is 9.72 Å². The summed E-state index contributed by atoms with van der Waals surface area (Å²) in [6.45, 7) is 3.86. The number of aryl methyl sites for hydroxylation is 2. The second kappa shape index (κ2) is 5.60. The third kappa shape index (κ3) is 2.55. The molecule has 2 aromatic carbocycles. The van der Waals surface area contributed by atoms with Gasteiger partial charge < -0.3 is 4.98 Å². The molecule has 0 fully saturated rings. The Morgan fingerprint density at radius 3 is 2.72 bits per heavy atom. The number of allylic oxidation sites excluding steroid dienone is 1. The van der Waals surface area contributed by atoms with Crippen LogP contribution in [0.3, 0.4) is 0 Å². The molecule has 3 aromatic rings. The molecule has 0 aliphatic carbocycles. The molecule has 124 valence electrons. The number of nitrogens with zero attached hydrogens (tertiary/aromatic N) is 1. The lowest BCUT2D eigenvalue weighted by Gasteiger charge is -1.97. The Hall–Kier alpha value is -2.86. The molecule has 0 bridgehead atoms. The Morgan fingerprint density at radius 2 is 1.96 bits per heavy atom. The Bertz CT molecular complexity index is 1100. The summed E-state index contributed by atoms with van der Waals surface area (Å²) in [5, 5.41) is 11.8. The maximum atomic E-state index is 12.7. The highest BCUT2D eigenvalue weighted by atomic mass is 32.2. The lowest BCUT2D eigenvalue weighted by Crippen LogP contribution is -1.94.